The van der Waals surface area contributed by atoms with Gasteiger partial charge in [-0.2, -0.15) is 5.10 Å². The van der Waals surface area contributed by atoms with Gasteiger partial charge in [-0.25, -0.2) is 13.8 Å². The molecule has 0 spiro atoms. The largest absolute Gasteiger partial charge is 0.271 e. The van der Waals surface area contributed by atoms with Crippen LogP contribution in [0.25, 0.3) is 0 Å². The zero-order chi connectivity index (χ0) is 21.6. The number of anilines is 1. The van der Waals surface area contributed by atoms with Crippen molar-refractivity contribution in [1.29, 1.82) is 0 Å². The minimum Gasteiger partial charge on any atom is -0.271 e. The first-order chi connectivity index (χ1) is 14.4. The van der Waals surface area contributed by atoms with Crippen LogP contribution in [0.3, 0.4) is 0 Å². The van der Waals surface area contributed by atoms with Crippen LogP contribution in [-0.4, -0.2) is 27.1 Å². The van der Waals surface area contributed by atoms with E-state index in [2.05, 4.69) is 26.5 Å². The van der Waals surface area contributed by atoms with Gasteiger partial charge in [0.25, 0.3) is 15.9 Å². The van der Waals surface area contributed by atoms with Gasteiger partial charge in [0.05, 0.1) is 16.8 Å². The first kappa shape index (κ1) is 21.7. The van der Waals surface area contributed by atoms with Gasteiger partial charge in [0, 0.05) is 4.47 Å². The van der Waals surface area contributed by atoms with Crippen molar-refractivity contribution in [2.24, 2.45) is 5.10 Å². The number of nitrogens with zero attached hydrogens (tertiary/aromatic N) is 2. The highest BCUT2D eigenvalue weighted by Gasteiger charge is 2.27. The molecule has 0 heterocycles. The van der Waals surface area contributed by atoms with Crippen molar-refractivity contribution >= 4 is 43.8 Å². The minimum absolute atomic E-state index is 0.101. The Morgan fingerprint density at radius 2 is 1.73 bits per heavy atom. The lowest BCUT2D eigenvalue weighted by atomic mass is 10.2. The Morgan fingerprint density at radius 1 is 1.03 bits per heavy atom. The van der Waals surface area contributed by atoms with E-state index in [0.29, 0.717) is 5.69 Å². The summed E-state index contributed by atoms with van der Waals surface area (Å²) < 4.78 is 28.2. The second-order valence-corrected chi connectivity index (χ2v) is 9.29. The van der Waals surface area contributed by atoms with Crippen LogP contribution >= 0.6 is 15.9 Å². The van der Waals surface area contributed by atoms with Crippen molar-refractivity contribution in [2.45, 2.75) is 11.8 Å². The van der Waals surface area contributed by atoms with E-state index in [0.717, 1.165) is 19.9 Å². The number of nitrogens with one attached hydrogen (secondary N) is 1. The molecule has 8 heteroatoms. The van der Waals surface area contributed by atoms with Crippen molar-refractivity contribution in [3.63, 3.8) is 0 Å². The third kappa shape index (κ3) is 5.55. The van der Waals surface area contributed by atoms with Crippen LogP contribution in [0.4, 0.5) is 5.69 Å². The summed E-state index contributed by atoms with van der Waals surface area (Å²) in [6.07, 6.45) is 1.51. The van der Waals surface area contributed by atoms with Gasteiger partial charge < -0.3 is 0 Å². The maximum atomic E-state index is 13.2. The number of benzene rings is 3. The molecule has 0 aliphatic rings. The molecule has 1 N–H and O–H groups in total. The van der Waals surface area contributed by atoms with Crippen LogP contribution in [0.1, 0.15) is 11.1 Å². The van der Waals surface area contributed by atoms with Gasteiger partial charge in [0.2, 0.25) is 0 Å². The summed E-state index contributed by atoms with van der Waals surface area (Å²) in [5, 5.41) is 3.94. The molecule has 0 aliphatic carbocycles. The van der Waals surface area contributed by atoms with E-state index in [-0.39, 0.29) is 4.90 Å². The molecule has 30 heavy (non-hydrogen) atoms. The number of sulfonamides is 1. The molecule has 1 amide bonds. The predicted octanol–water partition coefficient (Wildman–Crippen LogP) is 4.10. The third-order valence-electron chi connectivity index (χ3n) is 4.18. The van der Waals surface area contributed by atoms with Crippen molar-refractivity contribution in [3.8, 4) is 0 Å². The maximum absolute atomic E-state index is 13.2. The molecule has 0 atom stereocenters. The molecule has 0 aromatic heterocycles. The average molecular weight is 486 g/mol. The lowest BCUT2D eigenvalue weighted by Crippen LogP contribution is -2.39. The van der Waals surface area contributed by atoms with Gasteiger partial charge in [-0.3, -0.25) is 9.10 Å². The van der Waals surface area contributed by atoms with Gasteiger partial charge in [-0.05, 0) is 48.9 Å². The number of hydrazone groups is 1. The Labute approximate surface area is 184 Å². The van der Waals surface area contributed by atoms with Gasteiger partial charge in [-0.1, -0.05) is 64.0 Å². The fourth-order valence-electron chi connectivity index (χ4n) is 2.74. The van der Waals surface area contributed by atoms with E-state index in [4.69, 9.17) is 0 Å². The lowest BCUT2D eigenvalue weighted by Gasteiger charge is -2.23. The van der Waals surface area contributed by atoms with Gasteiger partial charge in [0.15, 0.2) is 0 Å². The van der Waals surface area contributed by atoms with Crippen molar-refractivity contribution in [2.75, 3.05) is 10.8 Å². The standard InChI is InChI=1S/C22H20BrN3O3S/c1-17-6-5-7-18(14-17)15-24-25-22(27)16-26(20-12-10-19(23)11-13-20)30(28,29)21-8-3-2-4-9-21/h2-15H,16H2,1H3,(H,25,27)/b24-15-. The van der Waals surface area contributed by atoms with E-state index >= 15 is 0 Å². The summed E-state index contributed by atoms with van der Waals surface area (Å²) in [5.74, 6) is -0.554. The minimum atomic E-state index is -3.94. The Kier molecular flexibility index (Phi) is 7.02. The van der Waals surface area contributed by atoms with Crippen LogP contribution in [-0.2, 0) is 14.8 Å². The molecule has 0 saturated carbocycles. The van der Waals surface area contributed by atoms with Gasteiger partial charge in [-0.15, -0.1) is 0 Å². The van der Waals surface area contributed by atoms with Crippen molar-refractivity contribution in [1.82, 2.24) is 5.43 Å². The summed E-state index contributed by atoms with van der Waals surface area (Å²) in [6, 6.07) is 22.3. The number of halogens is 1. The number of carbonyl (C=O) groups is 1. The Hall–Kier alpha value is -2.97. The number of rotatable bonds is 7. The molecule has 0 radical (unpaired) electrons. The fraction of sp³-hybridized carbons (Fsp3) is 0.0909. The molecule has 3 rings (SSSR count). The summed E-state index contributed by atoms with van der Waals surface area (Å²) in [7, 11) is -3.94. The zero-order valence-corrected chi connectivity index (χ0v) is 18.6. The average Bonchev–Trinajstić information content (AvgIpc) is 2.73. The summed E-state index contributed by atoms with van der Waals surface area (Å²) in [4.78, 5) is 12.6. The fourth-order valence-corrected chi connectivity index (χ4v) is 4.44. The Morgan fingerprint density at radius 3 is 2.40 bits per heavy atom. The first-order valence-electron chi connectivity index (χ1n) is 9.08. The van der Waals surface area contributed by atoms with E-state index in [1.165, 1.54) is 18.3 Å². The smallest absolute Gasteiger partial charge is 0.264 e. The van der Waals surface area contributed by atoms with Crippen molar-refractivity contribution < 1.29 is 13.2 Å². The first-order valence-corrected chi connectivity index (χ1v) is 11.3. The molecule has 3 aromatic carbocycles. The monoisotopic (exact) mass is 485 g/mol. The molecule has 0 fully saturated rings. The van der Waals surface area contributed by atoms with Crippen LogP contribution in [0.5, 0.6) is 0 Å². The molecular weight excluding hydrogens is 466 g/mol. The number of carbonyl (C=O) groups excluding carboxylic acids is 1. The predicted molar refractivity (Wildman–Crippen MR) is 122 cm³/mol. The van der Waals surface area contributed by atoms with E-state index in [9.17, 15) is 13.2 Å². The van der Waals surface area contributed by atoms with Gasteiger partial charge in [0.1, 0.15) is 6.54 Å². The van der Waals surface area contributed by atoms with E-state index in [1.807, 2.05) is 31.2 Å². The summed E-state index contributed by atoms with van der Waals surface area (Å²) >= 11 is 3.34. The molecule has 0 saturated heterocycles. The van der Waals surface area contributed by atoms with E-state index in [1.54, 1.807) is 42.5 Å². The third-order valence-corrected chi connectivity index (χ3v) is 6.49. The highest BCUT2D eigenvalue weighted by molar-refractivity contribution is 9.10. The second-order valence-electron chi connectivity index (χ2n) is 6.51. The second kappa shape index (κ2) is 9.69. The lowest BCUT2D eigenvalue weighted by molar-refractivity contribution is -0.119. The maximum Gasteiger partial charge on any atom is 0.264 e. The molecular formula is C22H20BrN3O3S. The zero-order valence-electron chi connectivity index (χ0n) is 16.2. The number of amides is 1. The van der Waals surface area contributed by atoms with Crippen molar-refractivity contribution in [3.05, 3.63) is 94.5 Å². The SMILES string of the molecule is Cc1cccc(/C=N\NC(=O)CN(c2ccc(Br)cc2)S(=O)(=O)c2ccccc2)c1. The van der Waals surface area contributed by atoms with E-state index < -0.39 is 22.5 Å². The summed E-state index contributed by atoms with van der Waals surface area (Å²) in [5.41, 5.74) is 4.68. The normalized spacial score (nSPS) is 11.4. The topological polar surface area (TPSA) is 78.8 Å². The van der Waals surface area contributed by atoms with Crippen LogP contribution in [0.2, 0.25) is 0 Å². The molecule has 6 nitrogen and oxygen atoms in total. The van der Waals surface area contributed by atoms with Crippen LogP contribution < -0.4 is 9.73 Å². The molecule has 0 unspecified atom stereocenters. The number of aryl methyl sites for hydroxylation is 1. The Bertz CT molecular complexity index is 1150. The number of hydrogen-bond donors (Lipinski definition) is 1. The molecule has 0 aliphatic heterocycles. The summed E-state index contributed by atoms with van der Waals surface area (Å²) in [6.45, 7) is 1.55. The van der Waals surface area contributed by atoms with Crippen LogP contribution in [0.15, 0.2) is 93.3 Å². The Balaban J connectivity index is 1.82. The van der Waals surface area contributed by atoms with Crippen LogP contribution in [0, 0.1) is 6.92 Å². The molecule has 3 aromatic rings. The molecule has 0 bridgehead atoms. The highest BCUT2D eigenvalue weighted by Crippen LogP contribution is 2.25. The highest BCUT2D eigenvalue weighted by atomic mass is 79.9. The molecule has 154 valence electrons. The number of hydrogen-bond acceptors (Lipinski definition) is 4. The van der Waals surface area contributed by atoms with Gasteiger partial charge >= 0.3 is 0 Å². The quantitative estimate of drug-likeness (QED) is 0.404.